The van der Waals surface area contributed by atoms with Crippen molar-refractivity contribution in [2.24, 2.45) is 0 Å². The second-order valence-corrected chi connectivity index (χ2v) is 10.5. The molecular formula is C16H20Cl2N4O3S2. The van der Waals surface area contributed by atoms with Gasteiger partial charge in [-0.1, -0.05) is 48.3 Å². The number of unbranched alkanes of at least 4 members (excludes halogenated alkanes) is 1. The molecule has 2 aromatic heterocycles. The minimum Gasteiger partial charge on any atom is -0.338 e. The van der Waals surface area contributed by atoms with Gasteiger partial charge in [-0.25, -0.2) is 8.42 Å². The second kappa shape index (κ2) is 8.55. The molecule has 2 aromatic rings. The van der Waals surface area contributed by atoms with Crippen molar-refractivity contribution in [1.82, 2.24) is 19.5 Å². The zero-order chi connectivity index (χ0) is 19.6. The maximum Gasteiger partial charge on any atom is 0.233 e. The maximum absolute atomic E-state index is 12.8. The van der Waals surface area contributed by atoms with Gasteiger partial charge in [0.25, 0.3) is 0 Å². The van der Waals surface area contributed by atoms with Gasteiger partial charge in [-0.15, -0.1) is 10.2 Å². The number of aromatic nitrogens is 3. The predicted molar refractivity (Wildman–Crippen MR) is 107 cm³/mol. The van der Waals surface area contributed by atoms with Crippen molar-refractivity contribution in [2.45, 2.75) is 37.4 Å². The van der Waals surface area contributed by atoms with Crippen LogP contribution in [0.4, 0.5) is 0 Å². The number of hydrogen-bond acceptors (Lipinski definition) is 6. The molecule has 0 bridgehead atoms. The number of pyridine rings is 1. The van der Waals surface area contributed by atoms with Crippen molar-refractivity contribution in [3.05, 3.63) is 22.3 Å². The zero-order valence-corrected chi connectivity index (χ0v) is 17.9. The number of thioether (sulfide) groups is 1. The first-order valence-electron chi connectivity index (χ1n) is 8.63. The molecule has 1 amide bonds. The van der Waals surface area contributed by atoms with Crippen molar-refractivity contribution in [3.8, 4) is 0 Å². The fraction of sp³-hybridized carbons (Fsp3) is 0.562. The molecular weight excluding hydrogens is 431 g/mol. The lowest BCUT2D eigenvalue weighted by atomic mass is 10.2. The highest BCUT2D eigenvalue weighted by atomic mass is 35.5. The van der Waals surface area contributed by atoms with Crippen LogP contribution < -0.4 is 0 Å². The van der Waals surface area contributed by atoms with Gasteiger partial charge in [-0.3, -0.25) is 9.20 Å². The van der Waals surface area contributed by atoms with Crippen LogP contribution in [0.2, 0.25) is 10.0 Å². The molecule has 1 aliphatic rings. The summed E-state index contributed by atoms with van der Waals surface area (Å²) in [6.07, 6.45) is 3.92. The summed E-state index contributed by atoms with van der Waals surface area (Å²) in [5.41, 5.74) is 0.473. The summed E-state index contributed by atoms with van der Waals surface area (Å²) < 4.78 is 25.3. The van der Waals surface area contributed by atoms with E-state index in [1.54, 1.807) is 21.6 Å². The highest BCUT2D eigenvalue weighted by Crippen LogP contribution is 2.26. The Balaban J connectivity index is 1.72. The van der Waals surface area contributed by atoms with E-state index in [2.05, 4.69) is 10.2 Å². The lowest BCUT2D eigenvalue weighted by Gasteiger charge is -2.28. The van der Waals surface area contributed by atoms with E-state index in [4.69, 9.17) is 23.2 Å². The number of hydrogen-bond donors (Lipinski definition) is 0. The van der Waals surface area contributed by atoms with Crippen LogP contribution in [0.1, 0.15) is 26.2 Å². The first-order valence-corrected chi connectivity index (χ1v) is 12.2. The molecule has 0 aromatic carbocycles. The van der Waals surface area contributed by atoms with Crippen LogP contribution in [0.5, 0.6) is 0 Å². The quantitative estimate of drug-likeness (QED) is 0.602. The second-order valence-electron chi connectivity index (χ2n) is 6.47. The van der Waals surface area contributed by atoms with Gasteiger partial charge in [0.1, 0.15) is 0 Å². The lowest BCUT2D eigenvalue weighted by molar-refractivity contribution is -0.130. The van der Waals surface area contributed by atoms with Crippen LogP contribution in [0.15, 0.2) is 17.4 Å². The topological polar surface area (TPSA) is 84.6 Å². The van der Waals surface area contributed by atoms with E-state index < -0.39 is 9.84 Å². The molecule has 11 heteroatoms. The van der Waals surface area contributed by atoms with Gasteiger partial charge < -0.3 is 4.90 Å². The molecule has 0 N–H and O–H groups in total. The van der Waals surface area contributed by atoms with E-state index in [0.717, 1.165) is 12.8 Å². The molecule has 0 radical (unpaired) electrons. The molecule has 7 nitrogen and oxygen atoms in total. The largest absolute Gasteiger partial charge is 0.338 e. The first-order chi connectivity index (χ1) is 12.8. The van der Waals surface area contributed by atoms with Crippen molar-refractivity contribution in [3.63, 3.8) is 0 Å². The average Bonchev–Trinajstić information content (AvgIpc) is 3.16. The van der Waals surface area contributed by atoms with E-state index in [-0.39, 0.29) is 29.2 Å². The maximum atomic E-state index is 12.8. The molecule has 0 saturated carbocycles. The summed E-state index contributed by atoms with van der Waals surface area (Å²) in [6.45, 7) is 2.60. The number of carbonyl (C=O) groups is 1. The molecule has 0 aliphatic carbocycles. The molecule has 3 heterocycles. The summed E-state index contributed by atoms with van der Waals surface area (Å²) in [7, 11) is -3.05. The van der Waals surface area contributed by atoms with Gasteiger partial charge in [0, 0.05) is 18.8 Å². The van der Waals surface area contributed by atoms with Gasteiger partial charge in [0.15, 0.2) is 20.6 Å². The Morgan fingerprint density at radius 1 is 1.41 bits per heavy atom. The van der Waals surface area contributed by atoms with Gasteiger partial charge in [0.2, 0.25) is 5.91 Å². The van der Waals surface area contributed by atoms with Crippen LogP contribution in [0, 0.1) is 0 Å². The Morgan fingerprint density at radius 3 is 2.85 bits per heavy atom. The highest BCUT2D eigenvalue weighted by molar-refractivity contribution is 7.99. The molecule has 1 atom stereocenters. The molecule has 1 unspecified atom stereocenters. The SMILES string of the molecule is CCCCN(C(=O)CSc1nnc2c(Cl)cc(Cl)cn12)C1CCS(=O)(=O)C1. The normalized spacial score (nSPS) is 18.9. The third-order valence-corrected chi connectivity index (χ3v) is 7.61. The van der Waals surface area contributed by atoms with Crippen LogP contribution in [0.3, 0.4) is 0 Å². The predicted octanol–water partition coefficient (Wildman–Crippen LogP) is 2.94. The van der Waals surface area contributed by atoms with Crippen molar-refractivity contribution < 1.29 is 13.2 Å². The number of fused-ring (bicyclic) bond motifs is 1. The van der Waals surface area contributed by atoms with Crippen molar-refractivity contribution >= 4 is 56.4 Å². The minimum absolute atomic E-state index is 0.0478. The van der Waals surface area contributed by atoms with E-state index in [1.807, 2.05) is 6.92 Å². The van der Waals surface area contributed by atoms with Crippen LogP contribution in [0.25, 0.3) is 5.65 Å². The number of sulfone groups is 1. The molecule has 3 rings (SSSR count). The summed E-state index contributed by atoms with van der Waals surface area (Å²) in [6, 6.07) is 1.34. The van der Waals surface area contributed by atoms with Crippen LogP contribution in [-0.4, -0.2) is 63.7 Å². The lowest BCUT2D eigenvalue weighted by Crippen LogP contribution is -2.42. The van der Waals surface area contributed by atoms with Gasteiger partial charge in [-0.2, -0.15) is 0 Å². The summed E-state index contributed by atoms with van der Waals surface area (Å²) >= 11 is 13.4. The van der Waals surface area contributed by atoms with E-state index in [0.29, 0.717) is 33.8 Å². The molecule has 1 saturated heterocycles. The molecule has 1 aliphatic heterocycles. The minimum atomic E-state index is -3.05. The van der Waals surface area contributed by atoms with E-state index in [1.165, 1.54) is 11.8 Å². The summed E-state index contributed by atoms with van der Waals surface area (Å²) in [5.74, 6) is 0.240. The Hall–Kier alpha value is -1.03. The highest BCUT2D eigenvalue weighted by Gasteiger charge is 2.34. The third kappa shape index (κ3) is 4.88. The number of amides is 1. The van der Waals surface area contributed by atoms with Crippen molar-refractivity contribution in [2.75, 3.05) is 23.8 Å². The average molecular weight is 451 g/mol. The molecule has 27 heavy (non-hydrogen) atoms. The van der Waals surface area contributed by atoms with Crippen LogP contribution in [-0.2, 0) is 14.6 Å². The number of rotatable bonds is 7. The Morgan fingerprint density at radius 2 is 2.19 bits per heavy atom. The number of nitrogens with zero attached hydrogens (tertiary/aromatic N) is 4. The molecule has 0 spiro atoms. The Labute approximate surface area is 172 Å². The Bertz CT molecular complexity index is 949. The van der Waals surface area contributed by atoms with Gasteiger partial charge in [0.05, 0.1) is 27.3 Å². The summed E-state index contributed by atoms with van der Waals surface area (Å²) in [4.78, 5) is 14.5. The third-order valence-electron chi connectivity index (χ3n) is 4.44. The van der Waals surface area contributed by atoms with E-state index >= 15 is 0 Å². The molecule has 1 fully saturated rings. The Kier molecular flexibility index (Phi) is 6.55. The van der Waals surface area contributed by atoms with Crippen molar-refractivity contribution in [1.29, 1.82) is 0 Å². The smallest absolute Gasteiger partial charge is 0.233 e. The first kappa shape index (κ1) is 20.7. The monoisotopic (exact) mass is 450 g/mol. The zero-order valence-electron chi connectivity index (χ0n) is 14.8. The fourth-order valence-electron chi connectivity index (χ4n) is 3.07. The fourth-order valence-corrected chi connectivity index (χ4v) is 6.11. The van der Waals surface area contributed by atoms with Crippen LogP contribution >= 0.6 is 35.0 Å². The number of halogens is 2. The van der Waals surface area contributed by atoms with E-state index in [9.17, 15) is 13.2 Å². The summed E-state index contributed by atoms with van der Waals surface area (Å²) in [5, 5.41) is 9.44. The number of carbonyl (C=O) groups excluding carboxylic acids is 1. The van der Waals surface area contributed by atoms with Gasteiger partial charge >= 0.3 is 0 Å². The molecule has 148 valence electrons. The van der Waals surface area contributed by atoms with Gasteiger partial charge in [-0.05, 0) is 18.9 Å². The standard InChI is InChI=1S/C16H20Cl2N4O3S2/c1-2-3-5-21(12-4-6-27(24,25)10-12)14(23)9-26-16-20-19-15-13(18)7-11(17)8-22(15)16/h7-8,12H,2-6,9-10H2,1H3.